The molecule has 0 saturated heterocycles. The van der Waals surface area contributed by atoms with Crippen molar-refractivity contribution in [2.75, 3.05) is 20.3 Å². The summed E-state index contributed by atoms with van der Waals surface area (Å²) in [5.41, 5.74) is -0.0314. The Kier molecular flexibility index (Phi) is 5.22. The summed E-state index contributed by atoms with van der Waals surface area (Å²) in [6.07, 6.45) is -4.34. The molecule has 0 amide bonds. The number of carbonyl (C=O) groups is 1. The third-order valence-electron chi connectivity index (χ3n) is 1.26. The van der Waals surface area contributed by atoms with E-state index in [1.54, 1.807) is 0 Å². The van der Waals surface area contributed by atoms with Crippen molar-refractivity contribution >= 4 is 5.97 Å². The van der Waals surface area contributed by atoms with Gasteiger partial charge in [-0.25, -0.2) is 4.79 Å². The molecule has 0 aromatic carbocycles. The van der Waals surface area contributed by atoms with Gasteiger partial charge in [-0.05, 0) is 0 Å². The molecular formula is C8H11F3O3. The summed E-state index contributed by atoms with van der Waals surface area (Å²) < 4.78 is 43.4. The van der Waals surface area contributed by atoms with Crippen LogP contribution in [-0.4, -0.2) is 32.5 Å². The Labute approximate surface area is 79.5 Å². The molecule has 0 saturated carbocycles. The minimum atomic E-state index is -4.50. The topological polar surface area (TPSA) is 35.5 Å². The molecule has 0 aromatic heterocycles. The second-order valence-corrected chi connectivity index (χ2v) is 2.54. The van der Waals surface area contributed by atoms with Gasteiger partial charge in [0.05, 0.1) is 6.61 Å². The summed E-state index contributed by atoms with van der Waals surface area (Å²) in [4.78, 5) is 10.8. The molecule has 3 nitrogen and oxygen atoms in total. The SMILES string of the molecule is C=C(CCOC)C(=O)OCC(F)(F)F. The molecule has 0 aromatic rings. The lowest BCUT2D eigenvalue weighted by Crippen LogP contribution is -2.21. The van der Waals surface area contributed by atoms with Gasteiger partial charge in [-0.1, -0.05) is 6.58 Å². The maximum atomic E-state index is 11.6. The summed E-state index contributed by atoms with van der Waals surface area (Å²) in [6.45, 7) is 1.91. The minimum absolute atomic E-state index is 0.0314. The molecule has 0 N–H and O–H groups in total. The van der Waals surface area contributed by atoms with E-state index >= 15 is 0 Å². The fraction of sp³-hybridized carbons (Fsp3) is 0.625. The van der Waals surface area contributed by atoms with Gasteiger partial charge in [0.1, 0.15) is 0 Å². The van der Waals surface area contributed by atoms with Gasteiger partial charge in [0.2, 0.25) is 0 Å². The van der Waals surface area contributed by atoms with Crippen LogP contribution in [0.15, 0.2) is 12.2 Å². The molecule has 0 aliphatic rings. The second kappa shape index (κ2) is 5.64. The van der Waals surface area contributed by atoms with Crippen LogP contribution < -0.4 is 0 Å². The Morgan fingerprint density at radius 1 is 1.43 bits per heavy atom. The molecular weight excluding hydrogens is 201 g/mol. The number of hydrogen-bond donors (Lipinski definition) is 0. The van der Waals surface area contributed by atoms with Crippen LogP contribution in [0, 0.1) is 0 Å². The predicted molar refractivity (Wildman–Crippen MR) is 42.6 cm³/mol. The van der Waals surface area contributed by atoms with Gasteiger partial charge in [0.15, 0.2) is 6.61 Å². The van der Waals surface area contributed by atoms with Crippen molar-refractivity contribution in [3.8, 4) is 0 Å². The van der Waals surface area contributed by atoms with Crippen LogP contribution in [0.25, 0.3) is 0 Å². The molecule has 0 fully saturated rings. The van der Waals surface area contributed by atoms with Crippen molar-refractivity contribution in [3.05, 3.63) is 12.2 Å². The van der Waals surface area contributed by atoms with E-state index in [1.165, 1.54) is 7.11 Å². The molecule has 0 atom stereocenters. The Morgan fingerprint density at radius 3 is 2.43 bits per heavy atom. The zero-order chi connectivity index (χ0) is 11.2. The fourth-order valence-electron chi connectivity index (χ4n) is 0.577. The predicted octanol–water partition coefficient (Wildman–Crippen LogP) is 1.68. The Hall–Kier alpha value is -1.04. The van der Waals surface area contributed by atoms with Gasteiger partial charge in [-0.15, -0.1) is 0 Å². The average molecular weight is 212 g/mol. The highest BCUT2D eigenvalue weighted by Crippen LogP contribution is 2.15. The van der Waals surface area contributed by atoms with E-state index in [0.29, 0.717) is 0 Å². The number of ether oxygens (including phenoxy) is 2. The normalized spacial score (nSPS) is 11.1. The number of halogens is 3. The Balaban J connectivity index is 3.79. The van der Waals surface area contributed by atoms with E-state index in [4.69, 9.17) is 0 Å². The van der Waals surface area contributed by atoms with Crippen LogP contribution in [0.1, 0.15) is 6.42 Å². The zero-order valence-corrected chi connectivity index (χ0v) is 7.69. The van der Waals surface area contributed by atoms with E-state index in [-0.39, 0.29) is 18.6 Å². The highest BCUT2D eigenvalue weighted by atomic mass is 19.4. The second-order valence-electron chi connectivity index (χ2n) is 2.54. The van der Waals surface area contributed by atoms with Crippen molar-refractivity contribution in [3.63, 3.8) is 0 Å². The largest absolute Gasteiger partial charge is 0.453 e. The first-order chi connectivity index (χ1) is 6.37. The van der Waals surface area contributed by atoms with Crippen LogP contribution in [0.5, 0.6) is 0 Å². The molecule has 0 aliphatic heterocycles. The van der Waals surface area contributed by atoms with Gasteiger partial charge >= 0.3 is 12.1 Å². The van der Waals surface area contributed by atoms with Gasteiger partial charge < -0.3 is 9.47 Å². The molecule has 0 radical (unpaired) electrons. The first-order valence-corrected chi connectivity index (χ1v) is 3.77. The molecule has 0 heterocycles. The van der Waals surface area contributed by atoms with Crippen LogP contribution in [0.2, 0.25) is 0 Å². The minimum Gasteiger partial charge on any atom is -0.453 e. The van der Waals surface area contributed by atoms with Crippen molar-refractivity contribution in [2.45, 2.75) is 12.6 Å². The van der Waals surface area contributed by atoms with E-state index in [0.717, 1.165) is 0 Å². The van der Waals surface area contributed by atoms with Crippen molar-refractivity contribution in [1.82, 2.24) is 0 Å². The van der Waals surface area contributed by atoms with Gasteiger partial charge in [0, 0.05) is 19.1 Å². The molecule has 0 bridgehead atoms. The zero-order valence-electron chi connectivity index (χ0n) is 7.69. The molecule has 0 aliphatic carbocycles. The van der Waals surface area contributed by atoms with E-state index < -0.39 is 18.8 Å². The lowest BCUT2D eigenvalue weighted by molar-refractivity contribution is -0.183. The van der Waals surface area contributed by atoms with Crippen LogP contribution in [0.3, 0.4) is 0 Å². The van der Waals surface area contributed by atoms with Crippen LogP contribution in [-0.2, 0) is 14.3 Å². The maximum absolute atomic E-state index is 11.6. The summed E-state index contributed by atoms with van der Waals surface area (Å²) in [5, 5.41) is 0. The maximum Gasteiger partial charge on any atom is 0.422 e. The Bertz CT molecular complexity index is 210. The summed E-state index contributed by atoms with van der Waals surface area (Å²) in [5.74, 6) is -1.04. The molecule has 0 rings (SSSR count). The van der Waals surface area contributed by atoms with Crippen molar-refractivity contribution in [1.29, 1.82) is 0 Å². The standard InChI is InChI=1S/C8H11F3O3/c1-6(3-4-13-2)7(12)14-5-8(9,10)11/h1,3-5H2,2H3. The number of carbonyl (C=O) groups excluding carboxylic acids is 1. The highest BCUT2D eigenvalue weighted by Gasteiger charge is 2.29. The third kappa shape index (κ3) is 6.47. The van der Waals surface area contributed by atoms with Crippen molar-refractivity contribution in [2.24, 2.45) is 0 Å². The summed E-state index contributed by atoms with van der Waals surface area (Å²) in [7, 11) is 1.41. The monoisotopic (exact) mass is 212 g/mol. The average Bonchev–Trinajstić information content (AvgIpc) is 2.09. The number of alkyl halides is 3. The van der Waals surface area contributed by atoms with E-state index in [9.17, 15) is 18.0 Å². The fourth-order valence-corrected chi connectivity index (χ4v) is 0.577. The lowest BCUT2D eigenvalue weighted by atomic mass is 10.2. The van der Waals surface area contributed by atoms with E-state index in [2.05, 4.69) is 16.1 Å². The van der Waals surface area contributed by atoms with E-state index in [1.807, 2.05) is 0 Å². The van der Waals surface area contributed by atoms with Gasteiger partial charge in [-0.2, -0.15) is 13.2 Å². The number of rotatable bonds is 5. The summed E-state index contributed by atoms with van der Waals surface area (Å²) >= 11 is 0. The molecule has 0 spiro atoms. The Morgan fingerprint density at radius 2 is 2.00 bits per heavy atom. The highest BCUT2D eigenvalue weighted by molar-refractivity contribution is 5.87. The number of hydrogen-bond acceptors (Lipinski definition) is 3. The smallest absolute Gasteiger partial charge is 0.422 e. The molecule has 82 valence electrons. The molecule has 14 heavy (non-hydrogen) atoms. The first kappa shape index (κ1) is 13.0. The number of methoxy groups -OCH3 is 1. The first-order valence-electron chi connectivity index (χ1n) is 3.77. The van der Waals surface area contributed by atoms with Crippen LogP contribution in [0.4, 0.5) is 13.2 Å². The number of esters is 1. The van der Waals surface area contributed by atoms with Crippen LogP contribution >= 0.6 is 0 Å². The lowest BCUT2D eigenvalue weighted by Gasteiger charge is -2.08. The van der Waals surface area contributed by atoms with Crippen molar-refractivity contribution < 1.29 is 27.4 Å². The molecule has 0 unspecified atom stereocenters. The summed E-state index contributed by atoms with van der Waals surface area (Å²) in [6, 6.07) is 0. The molecule has 6 heteroatoms. The van der Waals surface area contributed by atoms with Gasteiger partial charge in [0.25, 0.3) is 0 Å². The van der Waals surface area contributed by atoms with Gasteiger partial charge in [-0.3, -0.25) is 0 Å². The third-order valence-corrected chi connectivity index (χ3v) is 1.26. The quantitative estimate of drug-likeness (QED) is 0.513.